The number of allylic oxidation sites excluding steroid dienone is 1. The number of carbonyl (C=O) groups excluding carboxylic acids is 1. The van der Waals surface area contributed by atoms with Gasteiger partial charge in [0, 0.05) is 11.3 Å². The molecule has 8 nitrogen and oxygen atoms in total. The summed E-state index contributed by atoms with van der Waals surface area (Å²) in [5.41, 5.74) is 0.0863. The van der Waals surface area contributed by atoms with Crippen molar-refractivity contribution in [3.8, 4) is 0 Å². The van der Waals surface area contributed by atoms with Crippen molar-refractivity contribution >= 4 is 5.78 Å². The highest BCUT2D eigenvalue weighted by Gasteiger charge is 2.67. The molecule has 0 bridgehead atoms. The van der Waals surface area contributed by atoms with Gasteiger partial charge in [0.05, 0.1) is 18.3 Å². The zero-order chi connectivity index (χ0) is 25.3. The summed E-state index contributed by atoms with van der Waals surface area (Å²) >= 11 is 0. The number of ether oxygens (including phenoxy) is 2. The number of Topliss-reactive ketones (excluding diaryl/α,β-unsaturated/α-hetero) is 1. The molecule has 1 heterocycles. The molecule has 5 N–H and O–H groups in total. The lowest BCUT2D eigenvalue weighted by Crippen LogP contribution is -2.61. The number of hydrogen-bond donors (Lipinski definition) is 5. The van der Waals surface area contributed by atoms with Crippen LogP contribution in [0.4, 0.5) is 0 Å². The van der Waals surface area contributed by atoms with Gasteiger partial charge in [0.15, 0.2) is 6.29 Å². The third-order valence-corrected chi connectivity index (χ3v) is 10.9. The quantitative estimate of drug-likeness (QED) is 0.371. The molecule has 0 aromatic carbocycles. The maximum atomic E-state index is 12.4. The normalized spacial score (nSPS) is 53.8. The molecule has 0 amide bonds. The fourth-order valence-electron chi connectivity index (χ4n) is 8.73. The topological polar surface area (TPSA) is 137 Å². The Balaban J connectivity index is 1.32. The summed E-state index contributed by atoms with van der Waals surface area (Å²) in [6, 6.07) is 0. The summed E-state index contributed by atoms with van der Waals surface area (Å²) in [4.78, 5) is 12.4. The first kappa shape index (κ1) is 25.8. The average molecular weight is 495 g/mol. The van der Waals surface area contributed by atoms with Crippen molar-refractivity contribution in [2.45, 2.75) is 115 Å². The SMILES string of the molecule is CC(=O)C1CCC2(O)C3CC=C4CC(OC5OC(CO)C(O)C(O)C5O)CCC4(C)C3CCC12C. The van der Waals surface area contributed by atoms with E-state index < -0.39 is 42.9 Å². The molecule has 5 aliphatic rings. The van der Waals surface area contributed by atoms with Gasteiger partial charge in [0.1, 0.15) is 30.2 Å². The lowest BCUT2D eigenvalue weighted by molar-refractivity contribution is -0.313. The summed E-state index contributed by atoms with van der Waals surface area (Å²) < 4.78 is 11.7. The van der Waals surface area contributed by atoms with E-state index in [1.54, 1.807) is 6.92 Å². The Bertz CT molecular complexity index is 873. The number of ketones is 1. The fourth-order valence-corrected chi connectivity index (χ4v) is 8.73. The molecule has 8 heteroatoms. The van der Waals surface area contributed by atoms with Gasteiger partial charge >= 0.3 is 0 Å². The van der Waals surface area contributed by atoms with Crippen LogP contribution >= 0.6 is 0 Å². The van der Waals surface area contributed by atoms with E-state index in [0.717, 1.165) is 38.5 Å². The van der Waals surface area contributed by atoms with Crippen molar-refractivity contribution in [2.24, 2.45) is 28.6 Å². The van der Waals surface area contributed by atoms with Crippen molar-refractivity contribution in [1.29, 1.82) is 0 Å². The highest BCUT2D eigenvalue weighted by atomic mass is 16.7. The Labute approximate surface area is 207 Å². The van der Waals surface area contributed by atoms with Crippen LogP contribution in [0.1, 0.15) is 72.1 Å². The van der Waals surface area contributed by atoms with E-state index in [1.807, 2.05) is 0 Å². The predicted molar refractivity (Wildman–Crippen MR) is 126 cm³/mol. The first-order valence-corrected chi connectivity index (χ1v) is 13.3. The minimum atomic E-state index is -1.45. The summed E-state index contributed by atoms with van der Waals surface area (Å²) in [5.74, 6) is 0.627. The molecule has 35 heavy (non-hydrogen) atoms. The Morgan fingerprint density at radius 2 is 1.80 bits per heavy atom. The van der Waals surface area contributed by atoms with E-state index in [1.165, 1.54) is 5.57 Å². The number of carbonyl (C=O) groups is 1. The van der Waals surface area contributed by atoms with Crippen LogP contribution in [-0.2, 0) is 14.3 Å². The van der Waals surface area contributed by atoms with Crippen molar-refractivity contribution in [2.75, 3.05) is 6.61 Å². The van der Waals surface area contributed by atoms with Crippen molar-refractivity contribution in [1.82, 2.24) is 0 Å². The van der Waals surface area contributed by atoms with Gasteiger partial charge in [-0.25, -0.2) is 0 Å². The van der Waals surface area contributed by atoms with Crippen LogP contribution in [0.5, 0.6) is 0 Å². The first-order valence-electron chi connectivity index (χ1n) is 13.3. The van der Waals surface area contributed by atoms with Gasteiger partial charge in [-0.15, -0.1) is 0 Å². The van der Waals surface area contributed by atoms with Crippen LogP contribution < -0.4 is 0 Å². The minimum absolute atomic E-state index is 0.0521. The highest BCUT2D eigenvalue weighted by molar-refractivity contribution is 5.80. The van der Waals surface area contributed by atoms with Crippen LogP contribution in [0.15, 0.2) is 11.6 Å². The van der Waals surface area contributed by atoms with E-state index in [4.69, 9.17) is 9.47 Å². The molecule has 0 radical (unpaired) electrons. The third kappa shape index (κ3) is 3.70. The van der Waals surface area contributed by atoms with E-state index in [2.05, 4.69) is 19.9 Å². The zero-order valence-corrected chi connectivity index (χ0v) is 21.1. The van der Waals surface area contributed by atoms with Gasteiger partial charge in [-0.05, 0) is 75.5 Å². The Hall–Kier alpha value is -0.870. The van der Waals surface area contributed by atoms with Gasteiger partial charge in [0.25, 0.3) is 0 Å². The molecule has 198 valence electrons. The monoisotopic (exact) mass is 494 g/mol. The molecule has 0 spiro atoms. The van der Waals surface area contributed by atoms with E-state index in [9.17, 15) is 30.3 Å². The van der Waals surface area contributed by atoms with Crippen LogP contribution in [0.25, 0.3) is 0 Å². The number of rotatable bonds is 4. The van der Waals surface area contributed by atoms with Gasteiger partial charge in [-0.1, -0.05) is 25.5 Å². The van der Waals surface area contributed by atoms with Crippen LogP contribution in [-0.4, -0.2) is 80.3 Å². The first-order chi connectivity index (χ1) is 16.5. The van der Waals surface area contributed by atoms with E-state index in [-0.39, 0.29) is 34.6 Å². The fraction of sp³-hybridized carbons (Fsp3) is 0.889. The number of aliphatic hydroxyl groups is 5. The van der Waals surface area contributed by atoms with E-state index >= 15 is 0 Å². The van der Waals surface area contributed by atoms with Gasteiger partial charge in [-0.3, -0.25) is 4.79 Å². The molecular weight excluding hydrogens is 452 g/mol. The maximum absolute atomic E-state index is 12.4. The van der Waals surface area contributed by atoms with Crippen molar-refractivity contribution in [3.05, 3.63) is 11.6 Å². The predicted octanol–water partition coefficient (Wildman–Crippen LogP) is 1.45. The molecule has 12 unspecified atom stereocenters. The molecule has 0 aromatic rings. The summed E-state index contributed by atoms with van der Waals surface area (Å²) in [7, 11) is 0. The van der Waals surface area contributed by atoms with Gasteiger partial charge < -0.3 is 35.0 Å². The largest absolute Gasteiger partial charge is 0.394 e. The second-order valence-electron chi connectivity index (χ2n) is 12.4. The molecule has 4 fully saturated rings. The Morgan fingerprint density at radius 3 is 2.49 bits per heavy atom. The molecule has 1 aliphatic heterocycles. The second kappa shape index (κ2) is 8.86. The lowest BCUT2D eigenvalue weighted by atomic mass is 9.45. The van der Waals surface area contributed by atoms with Crippen LogP contribution in [0.3, 0.4) is 0 Å². The summed E-state index contributed by atoms with van der Waals surface area (Å²) in [6.45, 7) is 5.64. The van der Waals surface area contributed by atoms with Crippen molar-refractivity contribution < 1.29 is 39.8 Å². The molecule has 0 aromatic heterocycles. The van der Waals surface area contributed by atoms with Gasteiger partial charge in [-0.2, -0.15) is 0 Å². The number of hydrogen-bond acceptors (Lipinski definition) is 8. The summed E-state index contributed by atoms with van der Waals surface area (Å²) in [6.07, 6.45) is 2.15. The molecule has 12 atom stereocenters. The van der Waals surface area contributed by atoms with Crippen LogP contribution in [0, 0.1) is 28.6 Å². The minimum Gasteiger partial charge on any atom is -0.394 e. The average Bonchev–Trinajstić information content (AvgIpc) is 3.11. The zero-order valence-electron chi connectivity index (χ0n) is 21.1. The summed E-state index contributed by atoms with van der Waals surface area (Å²) in [5, 5.41) is 52.0. The van der Waals surface area contributed by atoms with Crippen molar-refractivity contribution in [3.63, 3.8) is 0 Å². The lowest BCUT2D eigenvalue weighted by Gasteiger charge is -2.61. The smallest absolute Gasteiger partial charge is 0.186 e. The van der Waals surface area contributed by atoms with Crippen LogP contribution in [0.2, 0.25) is 0 Å². The molecule has 3 saturated carbocycles. The van der Waals surface area contributed by atoms with Gasteiger partial charge in [0.2, 0.25) is 0 Å². The molecule has 5 rings (SSSR count). The molecule has 4 aliphatic carbocycles. The molecule has 1 saturated heterocycles. The Morgan fingerprint density at radius 1 is 1.06 bits per heavy atom. The van der Waals surface area contributed by atoms with E-state index in [0.29, 0.717) is 18.8 Å². The maximum Gasteiger partial charge on any atom is 0.186 e. The third-order valence-electron chi connectivity index (χ3n) is 10.9. The second-order valence-corrected chi connectivity index (χ2v) is 12.4. The Kier molecular flexibility index (Phi) is 6.52. The molecular formula is C27H42O8. The standard InChI is InChI=1S/C27H42O8/c1-14(29)17-8-11-27(33)19-5-4-15-12-16(6-9-25(15,2)18(19)7-10-26(17,27)3)34-24-23(32)22(31)21(30)20(13-28)35-24/h4,16-24,28,30-33H,5-13H2,1-3H3. The number of aliphatic hydroxyl groups excluding tert-OH is 4. The highest BCUT2D eigenvalue weighted by Crippen LogP contribution is 2.68. The number of fused-ring (bicyclic) bond motifs is 5.